The lowest BCUT2D eigenvalue weighted by molar-refractivity contribution is -0.146. The fourth-order valence-electron chi connectivity index (χ4n) is 1.11. The molecular formula is C12H21NO4S. The lowest BCUT2D eigenvalue weighted by Gasteiger charge is -2.16. The van der Waals surface area contributed by atoms with E-state index in [1.165, 1.54) is 6.08 Å². The first kappa shape index (κ1) is 16.8. The summed E-state index contributed by atoms with van der Waals surface area (Å²) in [5, 5.41) is 2.50. The Balaban J connectivity index is 4.23. The summed E-state index contributed by atoms with van der Waals surface area (Å²) in [6.07, 6.45) is 4.04. The van der Waals surface area contributed by atoms with Gasteiger partial charge >= 0.3 is 12.1 Å². The highest BCUT2D eigenvalue weighted by Gasteiger charge is 2.22. The lowest BCUT2D eigenvalue weighted by Crippen LogP contribution is -2.42. The van der Waals surface area contributed by atoms with Gasteiger partial charge in [-0.25, -0.2) is 9.59 Å². The van der Waals surface area contributed by atoms with Crippen molar-refractivity contribution in [1.82, 2.24) is 5.32 Å². The van der Waals surface area contributed by atoms with Gasteiger partial charge in [0.15, 0.2) is 0 Å². The predicted octanol–water partition coefficient (Wildman–Crippen LogP) is 1.97. The number of amides is 1. The van der Waals surface area contributed by atoms with Crippen molar-refractivity contribution in [3.63, 3.8) is 0 Å². The molecule has 6 heteroatoms. The summed E-state index contributed by atoms with van der Waals surface area (Å²) in [5.41, 5.74) is 0. The summed E-state index contributed by atoms with van der Waals surface area (Å²) < 4.78 is 9.79. The first-order valence-corrected chi connectivity index (χ1v) is 7.24. The van der Waals surface area contributed by atoms with Gasteiger partial charge in [0, 0.05) is 0 Å². The number of carbonyl (C=O) groups is 2. The Kier molecular flexibility index (Phi) is 10.2. The van der Waals surface area contributed by atoms with E-state index in [0.717, 1.165) is 12.2 Å². The fraction of sp³-hybridized carbons (Fsp3) is 0.667. The number of carbonyl (C=O) groups excluding carboxylic acids is 2. The predicted molar refractivity (Wildman–Crippen MR) is 72.7 cm³/mol. The van der Waals surface area contributed by atoms with E-state index in [0.29, 0.717) is 13.0 Å². The molecule has 0 aromatic rings. The Morgan fingerprint density at radius 2 is 2.17 bits per heavy atom. The molecule has 0 unspecified atom stereocenters. The summed E-state index contributed by atoms with van der Waals surface area (Å²) >= 11 is 1.60. The van der Waals surface area contributed by atoms with Crippen molar-refractivity contribution in [2.24, 2.45) is 0 Å². The van der Waals surface area contributed by atoms with Crippen molar-refractivity contribution < 1.29 is 19.1 Å². The Labute approximate surface area is 112 Å². The van der Waals surface area contributed by atoms with E-state index in [-0.39, 0.29) is 6.61 Å². The van der Waals surface area contributed by atoms with Crippen molar-refractivity contribution in [1.29, 1.82) is 0 Å². The van der Waals surface area contributed by atoms with Crippen LogP contribution in [0.2, 0.25) is 0 Å². The van der Waals surface area contributed by atoms with Crippen LogP contribution in [0.3, 0.4) is 0 Å². The zero-order chi connectivity index (χ0) is 13.8. The maximum atomic E-state index is 11.7. The first-order valence-electron chi connectivity index (χ1n) is 5.85. The highest BCUT2D eigenvalue weighted by Crippen LogP contribution is 2.03. The van der Waals surface area contributed by atoms with Gasteiger partial charge in [-0.15, -0.1) is 0 Å². The molecule has 0 saturated heterocycles. The molecule has 18 heavy (non-hydrogen) atoms. The maximum Gasteiger partial charge on any atom is 0.408 e. The van der Waals surface area contributed by atoms with Gasteiger partial charge in [-0.3, -0.25) is 0 Å². The van der Waals surface area contributed by atoms with Crippen LogP contribution in [0.1, 0.15) is 19.8 Å². The second kappa shape index (κ2) is 11.0. The Hall–Kier alpha value is -1.17. The van der Waals surface area contributed by atoms with Crippen LogP contribution < -0.4 is 5.32 Å². The number of rotatable bonds is 9. The van der Waals surface area contributed by atoms with E-state index < -0.39 is 18.1 Å². The third-order valence-electron chi connectivity index (χ3n) is 1.97. The van der Waals surface area contributed by atoms with Crippen LogP contribution in [0, 0.1) is 0 Å². The van der Waals surface area contributed by atoms with Crippen LogP contribution in [0.4, 0.5) is 4.79 Å². The Bertz CT molecular complexity index is 271. The van der Waals surface area contributed by atoms with Crippen molar-refractivity contribution in [2.45, 2.75) is 25.8 Å². The molecule has 0 aliphatic carbocycles. The van der Waals surface area contributed by atoms with Crippen LogP contribution in [0.5, 0.6) is 0 Å². The van der Waals surface area contributed by atoms with Gasteiger partial charge < -0.3 is 14.8 Å². The summed E-state index contributed by atoms with van der Waals surface area (Å²) in [4.78, 5) is 23.1. The summed E-state index contributed by atoms with van der Waals surface area (Å²) in [6.45, 7) is 5.82. The summed E-state index contributed by atoms with van der Waals surface area (Å²) in [7, 11) is 0. The van der Waals surface area contributed by atoms with Crippen LogP contribution in [-0.4, -0.2) is 43.3 Å². The zero-order valence-electron chi connectivity index (χ0n) is 10.9. The summed E-state index contributed by atoms with van der Waals surface area (Å²) in [5.74, 6) is 0.342. The molecule has 1 amide bonds. The monoisotopic (exact) mass is 275 g/mol. The Morgan fingerprint density at radius 3 is 2.72 bits per heavy atom. The lowest BCUT2D eigenvalue weighted by atomic mass is 10.2. The number of thioether (sulfide) groups is 1. The average molecular weight is 275 g/mol. The molecule has 0 heterocycles. The third-order valence-corrected chi connectivity index (χ3v) is 2.61. The number of hydrogen-bond donors (Lipinski definition) is 1. The van der Waals surface area contributed by atoms with Crippen LogP contribution >= 0.6 is 11.8 Å². The molecule has 0 aromatic heterocycles. The normalized spacial score (nSPS) is 11.4. The minimum absolute atomic E-state index is 0.116. The zero-order valence-corrected chi connectivity index (χ0v) is 11.8. The van der Waals surface area contributed by atoms with E-state index in [4.69, 9.17) is 9.47 Å². The minimum atomic E-state index is -0.652. The molecule has 0 aromatic carbocycles. The third kappa shape index (κ3) is 8.00. The Morgan fingerprint density at radius 1 is 1.44 bits per heavy atom. The SMILES string of the molecule is C=CCOC(=O)N[C@@H](CCSC)C(=O)OCCC. The van der Waals surface area contributed by atoms with Crippen molar-refractivity contribution in [3.8, 4) is 0 Å². The molecule has 1 N–H and O–H groups in total. The van der Waals surface area contributed by atoms with E-state index in [2.05, 4.69) is 11.9 Å². The van der Waals surface area contributed by atoms with Gasteiger partial charge in [0.05, 0.1) is 6.61 Å². The first-order chi connectivity index (χ1) is 8.65. The highest BCUT2D eigenvalue weighted by molar-refractivity contribution is 7.98. The number of esters is 1. The standard InChI is InChI=1S/C12H21NO4S/c1-4-7-16-11(14)10(6-9-18-3)13-12(15)17-8-5-2/h5,10H,2,4,6-9H2,1,3H3,(H,13,15)/t10-/m0/s1. The average Bonchev–Trinajstić information content (AvgIpc) is 2.38. The largest absolute Gasteiger partial charge is 0.464 e. The van der Waals surface area contributed by atoms with E-state index in [9.17, 15) is 9.59 Å². The molecule has 0 aliphatic rings. The van der Waals surface area contributed by atoms with Crippen molar-refractivity contribution in [3.05, 3.63) is 12.7 Å². The molecular weight excluding hydrogens is 254 g/mol. The number of ether oxygens (including phenoxy) is 2. The highest BCUT2D eigenvalue weighted by atomic mass is 32.2. The summed E-state index contributed by atoms with van der Waals surface area (Å²) in [6, 6.07) is -0.652. The van der Waals surface area contributed by atoms with Crippen molar-refractivity contribution >= 4 is 23.8 Å². The van der Waals surface area contributed by atoms with Gasteiger partial charge in [-0.2, -0.15) is 11.8 Å². The molecule has 1 atom stereocenters. The van der Waals surface area contributed by atoms with Gasteiger partial charge in [0.2, 0.25) is 0 Å². The molecule has 0 fully saturated rings. The topological polar surface area (TPSA) is 64.6 Å². The quantitative estimate of drug-likeness (QED) is 0.515. The maximum absolute atomic E-state index is 11.7. The minimum Gasteiger partial charge on any atom is -0.464 e. The van der Waals surface area contributed by atoms with Crippen LogP contribution in [0.15, 0.2) is 12.7 Å². The number of alkyl carbamates (subject to hydrolysis) is 1. The van der Waals surface area contributed by atoms with Crippen LogP contribution in [0.25, 0.3) is 0 Å². The van der Waals surface area contributed by atoms with Crippen molar-refractivity contribution in [2.75, 3.05) is 25.2 Å². The van der Waals surface area contributed by atoms with E-state index in [1.54, 1.807) is 11.8 Å². The molecule has 0 saturated carbocycles. The molecule has 0 aliphatic heterocycles. The van der Waals surface area contributed by atoms with Crippen LogP contribution in [-0.2, 0) is 14.3 Å². The van der Waals surface area contributed by atoms with Gasteiger partial charge in [0.1, 0.15) is 12.6 Å². The molecule has 0 radical (unpaired) electrons. The second-order valence-electron chi connectivity index (χ2n) is 3.53. The molecule has 0 spiro atoms. The number of nitrogens with one attached hydrogen (secondary N) is 1. The van der Waals surface area contributed by atoms with Gasteiger partial charge in [0.25, 0.3) is 0 Å². The van der Waals surface area contributed by atoms with Gasteiger partial charge in [-0.1, -0.05) is 19.6 Å². The molecule has 0 rings (SSSR count). The van der Waals surface area contributed by atoms with E-state index in [1.807, 2.05) is 13.2 Å². The van der Waals surface area contributed by atoms with Gasteiger partial charge in [-0.05, 0) is 24.9 Å². The second-order valence-corrected chi connectivity index (χ2v) is 4.52. The van der Waals surface area contributed by atoms with E-state index >= 15 is 0 Å². The number of hydrogen-bond acceptors (Lipinski definition) is 5. The molecule has 104 valence electrons. The smallest absolute Gasteiger partial charge is 0.408 e. The molecule has 0 bridgehead atoms. The fourth-order valence-corrected chi connectivity index (χ4v) is 1.58. The molecule has 5 nitrogen and oxygen atoms in total.